The fourth-order valence-electron chi connectivity index (χ4n) is 1.91. The molecule has 0 saturated carbocycles. The minimum atomic E-state index is -0.344. The van der Waals surface area contributed by atoms with E-state index in [1.165, 1.54) is 17.8 Å². The van der Waals surface area contributed by atoms with E-state index in [9.17, 15) is 9.18 Å². The van der Waals surface area contributed by atoms with Crippen LogP contribution in [0, 0.1) is 11.7 Å². The number of nitrogens with zero attached hydrogens (tertiary/aromatic N) is 3. The SMILES string of the molecule is CC(C)[C@H](C)NC(=O)CSc1nnc(-c2ccccc2F)n1C. The van der Waals surface area contributed by atoms with E-state index in [2.05, 4.69) is 29.4 Å². The van der Waals surface area contributed by atoms with Crippen LogP contribution in [-0.4, -0.2) is 32.5 Å². The summed E-state index contributed by atoms with van der Waals surface area (Å²) in [6, 6.07) is 6.55. The molecule has 0 aliphatic carbocycles. The Kier molecular flexibility index (Phi) is 5.76. The number of benzene rings is 1. The fourth-order valence-corrected chi connectivity index (χ4v) is 2.63. The van der Waals surface area contributed by atoms with Crippen LogP contribution in [0.2, 0.25) is 0 Å². The number of thioether (sulfide) groups is 1. The van der Waals surface area contributed by atoms with Crippen molar-refractivity contribution >= 4 is 17.7 Å². The lowest BCUT2D eigenvalue weighted by Crippen LogP contribution is -2.37. The predicted molar refractivity (Wildman–Crippen MR) is 89.6 cm³/mol. The molecule has 124 valence electrons. The first-order chi connectivity index (χ1) is 10.9. The standard InChI is InChI=1S/C16H21FN4OS/c1-10(2)11(3)18-14(22)9-23-16-20-19-15(21(16)4)12-7-5-6-8-13(12)17/h5-8,10-11H,9H2,1-4H3,(H,18,22)/t11-/m0/s1. The van der Waals surface area contributed by atoms with Crippen molar-refractivity contribution in [2.75, 3.05) is 5.75 Å². The molecule has 0 saturated heterocycles. The Balaban J connectivity index is 2.03. The smallest absolute Gasteiger partial charge is 0.230 e. The molecule has 0 fully saturated rings. The summed E-state index contributed by atoms with van der Waals surface area (Å²) >= 11 is 1.29. The summed E-state index contributed by atoms with van der Waals surface area (Å²) < 4.78 is 15.5. The highest BCUT2D eigenvalue weighted by molar-refractivity contribution is 7.99. The molecule has 5 nitrogen and oxygen atoms in total. The summed E-state index contributed by atoms with van der Waals surface area (Å²) in [4.78, 5) is 11.9. The Morgan fingerprint density at radius 3 is 2.65 bits per heavy atom. The van der Waals surface area contributed by atoms with Crippen LogP contribution in [-0.2, 0) is 11.8 Å². The van der Waals surface area contributed by atoms with Gasteiger partial charge in [0.15, 0.2) is 11.0 Å². The molecule has 0 aliphatic rings. The second-order valence-corrected chi connectivity index (χ2v) is 6.68. The van der Waals surface area contributed by atoms with E-state index >= 15 is 0 Å². The van der Waals surface area contributed by atoms with Crippen LogP contribution in [0.5, 0.6) is 0 Å². The maximum absolute atomic E-state index is 13.8. The Hall–Kier alpha value is -1.89. The number of rotatable bonds is 6. The number of halogens is 1. The van der Waals surface area contributed by atoms with Gasteiger partial charge in [-0.3, -0.25) is 4.79 Å². The van der Waals surface area contributed by atoms with Gasteiger partial charge in [0, 0.05) is 13.1 Å². The highest BCUT2D eigenvalue weighted by Gasteiger charge is 2.16. The molecule has 1 N–H and O–H groups in total. The summed E-state index contributed by atoms with van der Waals surface area (Å²) in [6.07, 6.45) is 0. The van der Waals surface area contributed by atoms with E-state index in [-0.39, 0.29) is 23.5 Å². The van der Waals surface area contributed by atoms with Crippen LogP contribution < -0.4 is 5.32 Å². The summed E-state index contributed by atoms with van der Waals surface area (Å²) in [5.74, 6) is 0.683. The van der Waals surface area contributed by atoms with Crippen molar-refractivity contribution in [1.82, 2.24) is 20.1 Å². The second-order valence-electron chi connectivity index (χ2n) is 5.73. The Labute approximate surface area is 139 Å². The van der Waals surface area contributed by atoms with Crippen LogP contribution in [0.3, 0.4) is 0 Å². The van der Waals surface area contributed by atoms with Gasteiger partial charge in [0.25, 0.3) is 0 Å². The molecule has 1 atom stereocenters. The first-order valence-electron chi connectivity index (χ1n) is 7.46. The minimum Gasteiger partial charge on any atom is -0.353 e. The van der Waals surface area contributed by atoms with Crippen LogP contribution in [0.25, 0.3) is 11.4 Å². The molecule has 2 aromatic rings. The molecule has 1 heterocycles. The van der Waals surface area contributed by atoms with Crippen LogP contribution in [0.4, 0.5) is 4.39 Å². The number of hydrogen-bond acceptors (Lipinski definition) is 4. The van der Waals surface area contributed by atoms with E-state index in [4.69, 9.17) is 0 Å². The molecule has 1 aromatic carbocycles. The zero-order chi connectivity index (χ0) is 17.0. The number of nitrogens with one attached hydrogen (secondary N) is 1. The lowest BCUT2D eigenvalue weighted by Gasteiger charge is -2.17. The highest BCUT2D eigenvalue weighted by atomic mass is 32.2. The topological polar surface area (TPSA) is 59.8 Å². The van der Waals surface area contributed by atoms with Gasteiger partial charge in [-0.2, -0.15) is 0 Å². The van der Waals surface area contributed by atoms with E-state index < -0.39 is 0 Å². The van der Waals surface area contributed by atoms with Gasteiger partial charge >= 0.3 is 0 Å². The second kappa shape index (κ2) is 7.59. The number of aromatic nitrogens is 3. The molecule has 7 heteroatoms. The Bertz CT molecular complexity index is 686. The molecular formula is C16H21FN4OS. The Morgan fingerprint density at radius 2 is 2.00 bits per heavy atom. The molecule has 2 rings (SSSR count). The summed E-state index contributed by atoms with van der Waals surface area (Å²) in [6.45, 7) is 6.09. The Morgan fingerprint density at radius 1 is 1.30 bits per heavy atom. The number of hydrogen-bond donors (Lipinski definition) is 1. The maximum atomic E-state index is 13.8. The lowest BCUT2D eigenvalue weighted by atomic mass is 10.1. The molecule has 0 aliphatic heterocycles. The van der Waals surface area contributed by atoms with E-state index in [0.717, 1.165) is 0 Å². The molecule has 23 heavy (non-hydrogen) atoms. The first-order valence-corrected chi connectivity index (χ1v) is 8.45. The molecule has 0 spiro atoms. The summed E-state index contributed by atoms with van der Waals surface area (Å²) in [5, 5.41) is 11.6. The van der Waals surface area contributed by atoms with Gasteiger partial charge in [-0.25, -0.2) is 4.39 Å². The largest absolute Gasteiger partial charge is 0.353 e. The maximum Gasteiger partial charge on any atom is 0.230 e. The van der Waals surface area contributed by atoms with Gasteiger partial charge < -0.3 is 9.88 Å². The minimum absolute atomic E-state index is 0.0494. The average Bonchev–Trinajstić information content (AvgIpc) is 2.86. The van der Waals surface area contributed by atoms with Crippen molar-refractivity contribution in [3.05, 3.63) is 30.1 Å². The number of carbonyl (C=O) groups excluding carboxylic acids is 1. The zero-order valence-electron chi connectivity index (χ0n) is 13.7. The van der Waals surface area contributed by atoms with Gasteiger partial charge in [0.1, 0.15) is 5.82 Å². The molecule has 0 bridgehead atoms. The zero-order valence-corrected chi connectivity index (χ0v) is 14.5. The fraction of sp³-hybridized carbons (Fsp3) is 0.438. The predicted octanol–water partition coefficient (Wildman–Crippen LogP) is 2.87. The summed E-state index contributed by atoms with van der Waals surface area (Å²) in [7, 11) is 1.76. The van der Waals surface area contributed by atoms with Crippen LogP contribution in [0.1, 0.15) is 20.8 Å². The van der Waals surface area contributed by atoms with E-state index in [1.807, 2.05) is 6.92 Å². The van der Waals surface area contributed by atoms with Gasteiger partial charge in [-0.05, 0) is 25.0 Å². The van der Waals surface area contributed by atoms with Crippen molar-refractivity contribution < 1.29 is 9.18 Å². The molecule has 1 aromatic heterocycles. The third-order valence-electron chi connectivity index (χ3n) is 3.67. The third kappa shape index (κ3) is 4.31. The molecule has 0 unspecified atom stereocenters. The quantitative estimate of drug-likeness (QED) is 0.824. The summed E-state index contributed by atoms with van der Waals surface area (Å²) in [5.41, 5.74) is 0.396. The molecular weight excluding hydrogens is 315 g/mol. The normalized spacial score (nSPS) is 12.4. The lowest BCUT2D eigenvalue weighted by molar-refractivity contribution is -0.119. The average molecular weight is 336 g/mol. The van der Waals surface area contributed by atoms with Crippen molar-refractivity contribution in [3.63, 3.8) is 0 Å². The molecule has 0 radical (unpaired) electrons. The van der Waals surface area contributed by atoms with Crippen molar-refractivity contribution in [3.8, 4) is 11.4 Å². The van der Waals surface area contributed by atoms with Crippen molar-refractivity contribution in [1.29, 1.82) is 0 Å². The van der Waals surface area contributed by atoms with Crippen molar-refractivity contribution in [2.24, 2.45) is 13.0 Å². The molecule has 1 amide bonds. The monoisotopic (exact) mass is 336 g/mol. The van der Waals surface area contributed by atoms with E-state index in [1.54, 1.807) is 29.8 Å². The first kappa shape index (κ1) is 17.5. The number of carbonyl (C=O) groups is 1. The van der Waals surface area contributed by atoms with Crippen LogP contribution >= 0.6 is 11.8 Å². The van der Waals surface area contributed by atoms with Crippen LogP contribution in [0.15, 0.2) is 29.4 Å². The third-order valence-corrected chi connectivity index (χ3v) is 4.69. The van der Waals surface area contributed by atoms with Gasteiger partial charge in [-0.1, -0.05) is 37.7 Å². The van der Waals surface area contributed by atoms with E-state index in [0.29, 0.717) is 22.5 Å². The van der Waals surface area contributed by atoms with Gasteiger partial charge in [0.2, 0.25) is 5.91 Å². The van der Waals surface area contributed by atoms with Gasteiger partial charge in [-0.15, -0.1) is 10.2 Å². The number of amides is 1. The van der Waals surface area contributed by atoms with Crippen molar-refractivity contribution in [2.45, 2.75) is 32.0 Å². The highest BCUT2D eigenvalue weighted by Crippen LogP contribution is 2.24. The van der Waals surface area contributed by atoms with Gasteiger partial charge in [0.05, 0.1) is 11.3 Å².